The molecule has 1 aliphatic rings. The molecule has 70 valence electrons. The van der Waals surface area contributed by atoms with Crippen LogP contribution < -0.4 is 16.2 Å². The van der Waals surface area contributed by atoms with E-state index in [0.29, 0.717) is 18.0 Å². The van der Waals surface area contributed by atoms with Crippen LogP contribution in [0, 0.1) is 0 Å². The van der Waals surface area contributed by atoms with Crippen LogP contribution in [0.5, 0.6) is 11.5 Å². The van der Waals surface area contributed by atoms with Gasteiger partial charge in [-0.1, -0.05) is 6.07 Å². The van der Waals surface area contributed by atoms with E-state index in [1.807, 2.05) is 0 Å². The molecule has 2 rings (SSSR count). The van der Waals surface area contributed by atoms with Gasteiger partial charge in [-0.15, -0.1) is 0 Å². The van der Waals surface area contributed by atoms with Crippen molar-refractivity contribution in [2.75, 3.05) is 12.3 Å². The lowest BCUT2D eigenvalue weighted by molar-refractivity contribution is 0.256. The number of ether oxygens (including phenoxy) is 1. The summed E-state index contributed by atoms with van der Waals surface area (Å²) in [5, 5.41) is 9.56. The van der Waals surface area contributed by atoms with E-state index in [9.17, 15) is 5.11 Å². The van der Waals surface area contributed by atoms with Crippen LogP contribution in [0.4, 0.5) is 5.69 Å². The van der Waals surface area contributed by atoms with Crippen LogP contribution in [0.1, 0.15) is 18.0 Å². The molecule has 0 spiro atoms. The number of phenols is 1. The van der Waals surface area contributed by atoms with Crippen molar-refractivity contribution in [2.45, 2.75) is 12.5 Å². The highest BCUT2D eigenvalue weighted by atomic mass is 16.5. The second-order valence-corrected chi connectivity index (χ2v) is 3.17. The highest BCUT2D eigenvalue weighted by Crippen LogP contribution is 2.41. The van der Waals surface area contributed by atoms with Crippen molar-refractivity contribution in [3.63, 3.8) is 0 Å². The van der Waals surface area contributed by atoms with Crippen molar-refractivity contribution >= 4 is 5.69 Å². The third-order valence-corrected chi connectivity index (χ3v) is 2.27. The Morgan fingerprint density at radius 2 is 2.23 bits per heavy atom. The minimum atomic E-state index is -0.0600. The Morgan fingerprint density at radius 3 is 3.00 bits per heavy atom. The predicted octanol–water partition coefficient (Wildman–Crippen LogP) is 0.757. The molecule has 0 radical (unpaired) electrons. The van der Waals surface area contributed by atoms with Gasteiger partial charge in [0.25, 0.3) is 0 Å². The molecule has 1 heterocycles. The van der Waals surface area contributed by atoms with E-state index in [2.05, 4.69) is 0 Å². The van der Waals surface area contributed by atoms with Gasteiger partial charge in [-0.25, -0.2) is 0 Å². The summed E-state index contributed by atoms with van der Waals surface area (Å²) >= 11 is 0. The Balaban J connectivity index is 2.56. The molecule has 0 aromatic heterocycles. The Labute approximate surface area is 76.1 Å². The number of fused-ring (bicyclic) bond motifs is 1. The molecule has 4 nitrogen and oxygen atoms in total. The highest BCUT2D eigenvalue weighted by molar-refractivity contribution is 5.63. The number of anilines is 1. The van der Waals surface area contributed by atoms with Crippen molar-refractivity contribution < 1.29 is 9.84 Å². The minimum Gasteiger partial charge on any atom is -0.503 e. The van der Waals surface area contributed by atoms with Crippen LogP contribution in [0.3, 0.4) is 0 Å². The quantitative estimate of drug-likeness (QED) is 0.406. The number of hydrogen-bond acceptors (Lipinski definition) is 4. The third-order valence-electron chi connectivity index (χ3n) is 2.27. The Bertz CT molecular complexity index is 339. The molecule has 0 aliphatic carbocycles. The van der Waals surface area contributed by atoms with E-state index in [0.717, 1.165) is 12.0 Å². The molecule has 1 atom stereocenters. The fraction of sp³-hybridized carbons (Fsp3) is 0.333. The molecular formula is C9H12N2O2. The molecule has 0 amide bonds. The van der Waals surface area contributed by atoms with E-state index in [-0.39, 0.29) is 11.8 Å². The second-order valence-electron chi connectivity index (χ2n) is 3.17. The number of phenolic OH excluding ortho intramolecular Hbond substituents is 1. The van der Waals surface area contributed by atoms with Gasteiger partial charge in [0.05, 0.1) is 12.3 Å². The Morgan fingerprint density at radius 1 is 1.46 bits per heavy atom. The fourth-order valence-corrected chi connectivity index (χ4v) is 1.49. The first-order valence-corrected chi connectivity index (χ1v) is 4.20. The van der Waals surface area contributed by atoms with E-state index < -0.39 is 0 Å². The number of nitrogens with two attached hydrogens (primary N) is 2. The van der Waals surface area contributed by atoms with Gasteiger partial charge in [0.2, 0.25) is 0 Å². The summed E-state index contributed by atoms with van der Waals surface area (Å²) in [5.41, 5.74) is 12.5. The van der Waals surface area contributed by atoms with Gasteiger partial charge >= 0.3 is 0 Å². The second kappa shape index (κ2) is 2.81. The van der Waals surface area contributed by atoms with Gasteiger partial charge < -0.3 is 21.3 Å². The monoisotopic (exact) mass is 180 g/mol. The van der Waals surface area contributed by atoms with E-state index in [4.69, 9.17) is 16.2 Å². The summed E-state index contributed by atoms with van der Waals surface area (Å²) in [5.74, 6) is 0.450. The minimum absolute atomic E-state index is 0.00708. The maximum absolute atomic E-state index is 9.56. The molecule has 4 heteroatoms. The van der Waals surface area contributed by atoms with Crippen LogP contribution in [0.2, 0.25) is 0 Å². The summed E-state index contributed by atoms with van der Waals surface area (Å²) in [6.45, 7) is 0.533. The first-order valence-electron chi connectivity index (χ1n) is 4.20. The van der Waals surface area contributed by atoms with Crippen molar-refractivity contribution in [1.29, 1.82) is 0 Å². The lowest BCUT2D eigenvalue weighted by atomic mass is 10.0. The first-order chi connectivity index (χ1) is 6.20. The third kappa shape index (κ3) is 1.19. The molecule has 0 saturated heterocycles. The van der Waals surface area contributed by atoms with Crippen LogP contribution in [0.15, 0.2) is 12.1 Å². The molecule has 0 fully saturated rings. The molecular weight excluding hydrogens is 168 g/mol. The van der Waals surface area contributed by atoms with E-state index in [1.165, 1.54) is 0 Å². The van der Waals surface area contributed by atoms with Gasteiger partial charge in [-0.05, 0) is 6.07 Å². The molecule has 0 bridgehead atoms. The average Bonchev–Trinajstić information content (AvgIpc) is 2.12. The number of rotatable bonds is 0. The largest absolute Gasteiger partial charge is 0.503 e. The zero-order valence-electron chi connectivity index (χ0n) is 7.16. The molecule has 0 saturated carbocycles. The Hall–Kier alpha value is -1.42. The summed E-state index contributed by atoms with van der Waals surface area (Å²) < 4.78 is 5.30. The topological polar surface area (TPSA) is 81.5 Å². The van der Waals surface area contributed by atoms with Crippen LogP contribution in [-0.2, 0) is 0 Å². The number of hydrogen-bond donors (Lipinski definition) is 3. The van der Waals surface area contributed by atoms with Crippen molar-refractivity contribution in [2.24, 2.45) is 5.73 Å². The standard InChI is InChI=1S/C9H12N2O2/c10-6-3-4-13-9-5(6)1-2-7(11)8(9)12/h1-2,6,12H,3-4,10-11H2. The van der Waals surface area contributed by atoms with E-state index >= 15 is 0 Å². The van der Waals surface area contributed by atoms with Crippen molar-refractivity contribution in [3.05, 3.63) is 17.7 Å². The summed E-state index contributed by atoms with van der Waals surface area (Å²) in [7, 11) is 0. The molecule has 1 aromatic carbocycles. The number of nitrogen functional groups attached to an aromatic ring is 1. The van der Waals surface area contributed by atoms with Crippen LogP contribution in [0.25, 0.3) is 0 Å². The van der Waals surface area contributed by atoms with Crippen molar-refractivity contribution in [3.8, 4) is 11.5 Å². The average molecular weight is 180 g/mol. The summed E-state index contributed by atoms with van der Waals surface area (Å²) in [6.07, 6.45) is 0.774. The van der Waals surface area contributed by atoms with Gasteiger partial charge in [-0.3, -0.25) is 0 Å². The molecule has 1 aliphatic heterocycles. The van der Waals surface area contributed by atoms with Gasteiger partial charge in [0.1, 0.15) is 0 Å². The summed E-state index contributed by atoms with van der Waals surface area (Å²) in [6, 6.07) is 3.38. The normalized spacial score (nSPS) is 20.5. The molecule has 1 unspecified atom stereocenters. The highest BCUT2D eigenvalue weighted by Gasteiger charge is 2.21. The lowest BCUT2D eigenvalue weighted by Crippen LogP contribution is -2.20. The fourth-order valence-electron chi connectivity index (χ4n) is 1.49. The maximum atomic E-state index is 9.56. The maximum Gasteiger partial charge on any atom is 0.181 e. The molecule has 13 heavy (non-hydrogen) atoms. The smallest absolute Gasteiger partial charge is 0.181 e. The van der Waals surface area contributed by atoms with Gasteiger partial charge in [0.15, 0.2) is 11.5 Å². The summed E-state index contributed by atoms with van der Waals surface area (Å²) in [4.78, 5) is 0. The molecule has 5 N–H and O–H groups in total. The Kier molecular flexibility index (Phi) is 1.77. The van der Waals surface area contributed by atoms with E-state index in [1.54, 1.807) is 12.1 Å². The number of benzene rings is 1. The van der Waals surface area contributed by atoms with Crippen LogP contribution in [-0.4, -0.2) is 11.7 Å². The van der Waals surface area contributed by atoms with Crippen molar-refractivity contribution in [1.82, 2.24) is 0 Å². The SMILES string of the molecule is Nc1ccc2c(c1O)OCCC2N. The van der Waals surface area contributed by atoms with Gasteiger partial charge in [-0.2, -0.15) is 0 Å². The number of aromatic hydroxyl groups is 1. The zero-order valence-corrected chi connectivity index (χ0v) is 7.16. The first kappa shape index (κ1) is 8.19. The zero-order chi connectivity index (χ0) is 9.42. The van der Waals surface area contributed by atoms with Gasteiger partial charge in [0, 0.05) is 18.0 Å². The van der Waals surface area contributed by atoms with Crippen LogP contribution >= 0.6 is 0 Å². The molecule has 1 aromatic rings. The predicted molar refractivity (Wildman–Crippen MR) is 49.6 cm³/mol. The lowest BCUT2D eigenvalue weighted by Gasteiger charge is -2.23.